The SMILES string of the molecule is CCCN(C)C1CC(C)C1. The van der Waals surface area contributed by atoms with Crippen LogP contribution in [0.25, 0.3) is 0 Å². The number of hydrogen-bond donors (Lipinski definition) is 0. The molecule has 1 aliphatic carbocycles. The van der Waals surface area contributed by atoms with Crippen molar-refractivity contribution >= 4 is 0 Å². The third-order valence-electron chi connectivity index (χ3n) is 2.55. The summed E-state index contributed by atoms with van der Waals surface area (Å²) in [5.74, 6) is 0.990. The quantitative estimate of drug-likeness (QED) is 0.582. The minimum atomic E-state index is 0.912. The van der Waals surface area contributed by atoms with E-state index in [4.69, 9.17) is 0 Å². The van der Waals surface area contributed by atoms with Crippen LogP contribution in [-0.2, 0) is 0 Å². The van der Waals surface area contributed by atoms with E-state index in [1.54, 1.807) is 0 Å². The van der Waals surface area contributed by atoms with Gasteiger partial charge in [-0.2, -0.15) is 0 Å². The largest absolute Gasteiger partial charge is 0.303 e. The van der Waals surface area contributed by atoms with Crippen LogP contribution in [-0.4, -0.2) is 24.5 Å². The highest BCUT2D eigenvalue weighted by Gasteiger charge is 2.27. The van der Waals surface area contributed by atoms with Crippen molar-refractivity contribution in [3.05, 3.63) is 0 Å². The van der Waals surface area contributed by atoms with Gasteiger partial charge in [-0.15, -0.1) is 0 Å². The van der Waals surface area contributed by atoms with E-state index >= 15 is 0 Å². The first-order valence-electron chi connectivity index (χ1n) is 4.44. The fourth-order valence-corrected chi connectivity index (χ4v) is 1.76. The summed E-state index contributed by atoms with van der Waals surface area (Å²) in [5.41, 5.74) is 0. The second-order valence-corrected chi connectivity index (χ2v) is 3.71. The normalized spacial score (nSPS) is 32.4. The first-order chi connectivity index (χ1) is 4.74. The van der Waals surface area contributed by atoms with Gasteiger partial charge in [0.1, 0.15) is 0 Å². The Bertz CT molecular complexity index is 92.1. The van der Waals surface area contributed by atoms with E-state index < -0.39 is 0 Å². The van der Waals surface area contributed by atoms with Crippen molar-refractivity contribution < 1.29 is 0 Å². The zero-order valence-corrected chi connectivity index (χ0v) is 7.43. The Balaban J connectivity index is 2.11. The van der Waals surface area contributed by atoms with Gasteiger partial charge in [0.05, 0.1) is 0 Å². The summed E-state index contributed by atoms with van der Waals surface area (Å²) in [6.07, 6.45) is 4.15. The lowest BCUT2D eigenvalue weighted by Crippen LogP contribution is -2.41. The lowest BCUT2D eigenvalue weighted by Gasteiger charge is -2.39. The molecule has 1 saturated carbocycles. The highest BCUT2D eigenvalue weighted by molar-refractivity contribution is 4.82. The minimum absolute atomic E-state index is 0.912. The summed E-state index contributed by atoms with van der Waals surface area (Å²) in [6, 6.07) is 0.912. The summed E-state index contributed by atoms with van der Waals surface area (Å²) in [7, 11) is 2.25. The van der Waals surface area contributed by atoms with Gasteiger partial charge in [0.25, 0.3) is 0 Å². The second kappa shape index (κ2) is 3.38. The molecule has 0 unspecified atom stereocenters. The third kappa shape index (κ3) is 1.72. The van der Waals surface area contributed by atoms with Crippen LogP contribution in [0.3, 0.4) is 0 Å². The van der Waals surface area contributed by atoms with E-state index in [0.717, 1.165) is 12.0 Å². The zero-order chi connectivity index (χ0) is 7.56. The average Bonchev–Trinajstić information content (AvgIpc) is 1.82. The van der Waals surface area contributed by atoms with Crippen molar-refractivity contribution in [1.29, 1.82) is 0 Å². The van der Waals surface area contributed by atoms with Crippen LogP contribution >= 0.6 is 0 Å². The van der Waals surface area contributed by atoms with E-state index in [9.17, 15) is 0 Å². The Kier molecular flexibility index (Phi) is 2.72. The van der Waals surface area contributed by atoms with Gasteiger partial charge in [-0.3, -0.25) is 0 Å². The van der Waals surface area contributed by atoms with Crippen LogP contribution in [0, 0.1) is 5.92 Å². The first-order valence-corrected chi connectivity index (χ1v) is 4.44. The van der Waals surface area contributed by atoms with Crippen LogP contribution in [0.5, 0.6) is 0 Å². The molecule has 1 nitrogen and oxygen atoms in total. The van der Waals surface area contributed by atoms with Gasteiger partial charge >= 0.3 is 0 Å². The molecule has 0 saturated heterocycles. The fraction of sp³-hybridized carbons (Fsp3) is 1.00. The minimum Gasteiger partial charge on any atom is -0.303 e. The van der Waals surface area contributed by atoms with E-state index in [1.807, 2.05) is 0 Å². The molecule has 0 aromatic heterocycles. The highest BCUT2D eigenvalue weighted by Crippen LogP contribution is 2.30. The summed E-state index contributed by atoms with van der Waals surface area (Å²) in [6.45, 7) is 5.87. The molecule has 0 aliphatic heterocycles. The van der Waals surface area contributed by atoms with Gasteiger partial charge in [0, 0.05) is 6.04 Å². The number of hydrogen-bond acceptors (Lipinski definition) is 1. The molecule has 60 valence electrons. The Morgan fingerprint density at radius 2 is 2.00 bits per heavy atom. The van der Waals surface area contributed by atoms with Crippen LogP contribution in [0.1, 0.15) is 33.1 Å². The molecular weight excluding hydrogens is 122 g/mol. The molecule has 0 amide bonds. The second-order valence-electron chi connectivity index (χ2n) is 3.71. The van der Waals surface area contributed by atoms with Gasteiger partial charge in [-0.05, 0) is 38.8 Å². The molecule has 1 rings (SSSR count). The predicted molar refractivity (Wildman–Crippen MR) is 45.1 cm³/mol. The van der Waals surface area contributed by atoms with Gasteiger partial charge in [0.2, 0.25) is 0 Å². The molecule has 10 heavy (non-hydrogen) atoms. The van der Waals surface area contributed by atoms with E-state index in [1.165, 1.54) is 25.8 Å². The van der Waals surface area contributed by atoms with Crippen LogP contribution in [0.4, 0.5) is 0 Å². The fourth-order valence-electron chi connectivity index (χ4n) is 1.76. The van der Waals surface area contributed by atoms with E-state index in [2.05, 4.69) is 25.8 Å². The smallest absolute Gasteiger partial charge is 0.00973 e. The number of rotatable bonds is 3. The number of nitrogens with zero attached hydrogens (tertiary/aromatic N) is 1. The van der Waals surface area contributed by atoms with Crippen molar-refractivity contribution in [1.82, 2.24) is 4.90 Å². The Morgan fingerprint density at radius 1 is 1.40 bits per heavy atom. The molecule has 0 aromatic carbocycles. The van der Waals surface area contributed by atoms with E-state index in [0.29, 0.717) is 0 Å². The Morgan fingerprint density at radius 3 is 2.40 bits per heavy atom. The maximum atomic E-state index is 2.50. The Labute approximate surface area is 64.4 Å². The van der Waals surface area contributed by atoms with Crippen molar-refractivity contribution in [2.75, 3.05) is 13.6 Å². The maximum Gasteiger partial charge on any atom is 0.00973 e. The van der Waals surface area contributed by atoms with Crippen molar-refractivity contribution in [2.45, 2.75) is 39.2 Å². The maximum absolute atomic E-state index is 2.50. The molecular formula is C9H19N. The van der Waals surface area contributed by atoms with Crippen LogP contribution in [0.2, 0.25) is 0 Å². The summed E-state index contributed by atoms with van der Waals surface area (Å²) >= 11 is 0. The molecule has 0 heterocycles. The van der Waals surface area contributed by atoms with Crippen molar-refractivity contribution in [3.63, 3.8) is 0 Å². The van der Waals surface area contributed by atoms with Gasteiger partial charge < -0.3 is 4.90 Å². The summed E-state index contributed by atoms with van der Waals surface area (Å²) in [4.78, 5) is 2.50. The first kappa shape index (κ1) is 8.06. The summed E-state index contributed by atoms with van der Waals surface area (Å²) in [5, 5.41) is 0. The molecule has 1 heteroatoms. The Hall–Kier alpha value is -0.0400. The molecule has 0 radical (unpaired) electrons. The van der Waals surface area contributed by atoms with Gasteiger partial charge in [-0.25, -0.2) is 0 Å². The van der Waals surface area contributed by atoms with Crippen LogP contribution < -0.4 is 0 Å². The topological polar surface area (TPSA) is 3.24 Å². The molecule has 1 fully saturated rings. The monoisotopic (exact) mass is 141 g/mol. The lowest BCUT2D eigenvalue weighted by atomic mass is 9.81. The molecule has 0 spiro atoms. The standard InChI is InChI=1S/C9H19N/c1-4-5-10(3)9-6-8(2)7-9/h8-9H,4-7H2,1-3H3. The predicted octanol–water partition coefficient (Wildman–Crippen LogP) is 2.13. The molecule has 0 atom stereocenters. The van der Waals surface area contributed by atoms with Gasteiger partial charge in [0.15, 0.2) is 0 Å². The molecule has 0 aromatic rings. The zero-order valence-electron chi connectivity index (χ0n) is 7.43. The highest BCUT2D eigenvalue weighted by atomic mass is 15.1. The van der Waals surface area contributed by atoms with Crippen molar-refractivity contribution in [3.8, 4) is 0 Å². The molecule has 1 aliphatic rings. The summed E-state index contributed by atoms with van der Waals surface area (Å²) < 4.78 is 0. The third-order valence-corrected chi connectivity index (χ3v) is 2.55. The van der Waals surface area contributed by atoms with Gasteiger partial charge in [-0.1, -0.05) is 13.8 Å². The molecule has 0 N–H and O–H groups in total. The molecule has 0 bridgehead atoms. The van der Waals surface area contributed by atoms with E-state index in [-0.39, 0.29) is 0 Å². The van der Waals surface area contributed by atoms with Crippen LogP contribution in [0.15, 0.2) is 0 Å². The lowest BCUT2D eigenvalue weighted by molar-refractivity contribution is 0.111. The van der Waals surface area contributed by atoms with Crippen molar-refractivity contribution in [2.24, 2.45) is 5.92 Å². The average molecular weight is 141 g/mol.